The van der Waals surface area contributed by atoms with Crippen LogP contribution < -0.4 is 26.5 Å². The molecule has 86 valence electrons. The molecule has 1 aromatic rings. The minimum atomic E-state index is 0. The van der Waals surface area contributed by atoms with E-state index < -0.39 is 0 Å². The van der Waals surface area contributed by atoms with Crippen molar-refractivity contribution in [1.82, 2.24) is 0 Å². The zero-order chi connectivity index (χ0) is 10.4. The zero-order valence-corrected chi connectivity index (χ0v) is 13.1. The molecule has 0 aliphatic rings. The topological polar surface area (TPSA) is 18.5 Å². The molecule has 0 amide bonds. The number of benzene rings is 1. The third-order valence-electron chi connectivity index (χ3n) is 1.96. The van der Waals surface area contributed by atoms with Gasteiger partial charge in [0.2, 0.25) is 0 Å². The van der Waals surface area contributed by atoms with Crippen LogP contribution in [0.5, 0.6) is 11.5 Å². The van der Waals surface area contributed by atoms with Crippen molar-refractivity contribution in [2.75, 3.05) is 13.7 Å². The van der Waals surface area contributed by atoms with Crippen molar-refractivity contribution in [2.45, 2.75) is 20.3 Å². The Balaban J connectivity index is 0. The van der Waals surface area contributed by atoms with Crippen molar-refractivity contribution >= 4 is 23.1 Å². The molecule has 0 unspecified atom stereocenters. The number of halogens is 1. The van der Waals surface area contributed by atoms with Crippen LogP contribution >= 0.6 is 0 Å². The summed E-state index contributed by atoms with van der Waals surface area (Å²) in [5, 5.41) is 0. The molecule has 0 heterocycles. The Labute approximate surface area is 125 Å². The molecule has 0 radical (unpaired) electrons. The van der Waals surface area contributed by atoms with Crippen LogP contribution in [0.15, 0.2) is 18.2 Å². The normalized spacial score (nSPS) is 9.00. The minimum Gasteiger partial charge on any atom is -1.00 e. The Morgan fingerprint density at radius 2 is 2.00 bits per heavy atom. The Kier molecular flexibility index (Phi) is 11.8. The van der Waals surface area contributed by atoms with Crippen molar-refractivity contribution in [3.05, 3.63) is 24.3 Å². The third-order valence-corrected chi connectivity index (χ3v) is 1.96. The standard InChI is InChI=1S/C12H17O2.BrH.Mg/c1-10(2)8-9-14-12-7-5-4-6-11(12)13-3;;/h5-7,10H,8-9H2,1-3H3;1H;/q-1;;+2/p-1. The van der Waals surface area contributed by atoms with Crippen molar-refractivity contribution in [3.8, 4) is 11.5 Å². The molecular formula is C12H17BrMgO2. The number of ether oxygens (including phenoxy) is 2. The second-order valence-electron chi connectivity index (χ2n) is 3.61. The van der Waals surface area contributed by atoms with E-state index in [0.29, 0.717) is 5.92 Å². The van der Waals surface area contributed by atoms with E-state index in [0.717, 1.165) is 24.5 Å². The molecule has 0 saturated heterocycles. The molecule has 0 N–H and O–H groups in total. The summed E-state index contributed by atoms with van der Waals surface area (Å²) in [5.74, 6) is 2.21. The van der Waals surface area contributed by atoms with Gasteiger partial charge in [0.25, 0.3) is 0 Å². The van der Waals surface area contributed by atoms with Crippen molar-refractivity contribution in [1.29, 1.82) is 0 Å². The summed E-state index contributed by atoms with van der Waals surface area (Å²) >= 11 is 0. The molecule has 1 rings (SSSR count). The van der Waals surface area contributed by atoms with Gasteiger partial charge in [-0.2, -0.15) is 12.1 Å². The summed E-state index contributed by atoms with van der Waals surface area (Å²) in [5.41, 5.74) is 0. The molecular weight excluding hydrogens is 280 g/mol. The second kappa shape index (κ2) is 10.2. The first-order chi connectivity index (χ1) is 6.74. The summed E-state index contributed by atoms with van der Waals surface area (Å²) in [7, 11) is 1.64. The average molecular weight is 297 g/mol. The van der Waals surface area contributed by atoms with Crippen molar-refractivity contribution in [3.63, 3.8) is 0 Å². The predicted octanol–water partition coefficient (Wildman–Crippen LogP) is -0.457. The average Bonchev–Trinajstić information content (AvgIpc) is 2.18. The van der Waals surface area contributed by atoms with Gasteiger partial charge in [0.15, 0.2) is 0 Å². The van der Waals surface area contributed by atoms with Gasteiger partial charge < -0.3 is 26.5 Å². The molecule has 4 heteroatoms. The van der Waals surface area contributed by atoms with Crippen LogP contribution in [0.2, 0.25) is 0 Å². The molecule has 0 aliphatic carbocycles. The van der Waals surface area contributed by atoms with Gasteiger partial charge in [-0.05, 0) is 12.3 Å². The molecule has 0 spiro atoms. The van der Waals surface area contributed by atoms with E-state index in [1.807, 2.05) is 12.1 Å². The minimum absolute atomic E-state index is 0. The van der Waals surface area contributed by atoms with Gasteiger partial charge >= 0.3 is 23.1 Å². The molecule has 0 aromatic heterocycles. The molecule has 0 fully saturated rings. The Morgan fingerprint density at radius 1 is 1.31 bits per heavy atom. The number of methoxy groups -OCH3 is 1. The molecule has 0 bridgehead atoms. The number of hydrogen-bond donors (Lipinski definition) is 0. The van der Waals surface area contributed by atoms with E-state index in [2.05, 4.69) is 19.9 Å². The molecule has 2 nitrogen and oxygen atoms in total. The maximum atomic E-state index is 5.59. The van der Waals surface area contributed by atoms with Gasteiger partial charge in [-0.3, -0.25) is 0 Å². The summed E-state index contributed by atoms with van der Waals surface area (Å²) in [6.45, 7) is 5.09. The van der Waals surface area contributed by atoms with Crippen molar-refractivity contribution < 1.29 is 26.5 Å². The van der Waals surface area contributed by atoms with Gasteiger partial charge in [0, 0.05) is 5.75 Å². The van der Waals surface area contributed by atoms with Crippen LogP contribution in [0.25, 0.3) is 0 Å². The van der Waals surface area contributed by atoms with Crippen molar-refractivity contribution in [2.24, 2.45) is 5.92 Å². The fraction of sp³-hybridized carbons (Fsp3) is 0.500. The van der Waals surface area contributed by atoms with E-state index in [1.54, 1.807) is 13.2 Å². The first-order valence-corrected chi connectivity index (χ1v) is 4.91. The summed E-state index contributed by atoms with van der Waals surface area (Å²) in [6.07, 6.45) is 1.06. The van der Waals surface area contributed by atoms with Gasteiger partial charge in [-0.15, -0.1) is 12.1 Å². The fourth-order valence-electron chi connectivity index (χ4n) is 1.08. The number of hydrogen-bond acceptors (Lipinski definition) is 2. The van der Waals surface area contributed by atoms with Crippen LogP contribution in [0.1, 0.15) is 20.3 Å². The molecule has 0 atom stereocenters. The van der Waals surface area contributed by atoms with E-state index in [4.69, 9.17) is 9.47 Å². The third kappa shape index (κ3) is 6.61. The van der Waals surface area contributed by atoms with E-state index in [1.165, 1.54) is 0 Å². The van der Waals surface area contributed by atoms with Crippen LogP contribution in [0, 0.1) is 12.0 Å². The van der Waals surface area contributed by atoms with Crippen LogP contribution in [-0.2, 0) is 0 Å². The number of rotatable bonds is 5. The van der Waals surface area contributed by atoms with Crippen LogP contribution in [-0.4, -0.2) is 36.8 Å². The fourth-order valence-corrected chi connectivity index (χ4v) is 1.08. The smallest absolute Gasteiger partial charge is 1.00 e. The largest absolute Gasteiger partial charge is 2.00 e. The quantitative estimate of drug-likeness (QED) is 0.541. The second-order valence-corrected chi connectivity index (χ2v) is 3.61. The van der Waals surface area contributed by atoms with E-state index in [-0.39, 0.29) is 40.0 Å². The first-order valence-electron chi connectivity index (χ1n) is 4.91. The van der Waals surface area contributed by atoms with Gasteiger partial charge in [-0.1, -0.05) is 13.8 Å². The van der Waals surface area contributed by atoms with Gasteiger partial charge in [-0.25, -0.2) is 0 Å². The van der Waals surface area contributed by atoms with Gasteiger partial charge in [0.05, 0.1) is 19.5 Å². The SMILES string of the molecule is COc1c[c-]ccc1OCCC(C)C.[Br-].[Mg+2]. The summed E-state index contributed by atoms with van der Waals surface area (Å²) < 4.78 is 10.7. The summed E-state index contributed by atoms with van der Waals surface area (Å²) in [6, 6.07) is 8.43. The molecule has 0 aliphatic heterocycles. The van der Waals surface area contributed by atoms with E-state index in [9.17, 15) is 0 Å². The van der Waals surface area contributed by atoms with E-state index >= 15 is 0 Å². The van der Waals surface area contributed by atoms with Gasteiger partial charge in [0.1, 0.15) is 0 Å². The summed E-state index contributed by atoms with van der Waals surface area (Å²) in [4.78, 5) is 0. The Morgan fingerprint density at radius 3 is 2.56 bits per heavy atom. The maximum absolute atomic E-state index is 5.59. The predicted molar refractivity (Wildman–Crippen MR) is 62.5 cm³/mol. The molecule has 1 aromatic carbocycles. The first kappa shape index (κ1) is 18.4. The Hall–Kier alpha value is 0.0662. The molecule has 0 saturated carbocycles. The zero-order valence-electron chi connectivity index (χ0n) is 10.1. The molecule has 16 heavy (non-hydrogen) atoms. The monoisotopic (exact) mass is 296 g/mol. The van der Waals surface area contributed by atoms with Crippen LogP contribution in [0.4, 0.5) is 0 Å². The Bertz CT molecular complexity index is 279. The van der Waals surface area contributed by atoms with Crippen LogP contribution in [0.3, 0.4) is 0 Å². The maximum Gasteiger partial charge on any atom is 2.00 e.